The lowest BCUT2D eigenvalue weighted by Gasteiger charge is -1.90. The Bertz CT molecular complexity index is 321. The van der Waals surface area contributed by atoms with Crippen LogP contribution in [-0.4, -0.2) is 6.29 Å². The molecule has 0 amide bonds. The van der Waals surface area contributed by atoms with Crippen LogP contribution >= 0.6 is 0 Å². The average Bonchev–Trinajstić information content (AvgIpc) is 2.50. The van der Waals surface area contributed by atoms with Crippen molar-refractivity contribution in [3.8, 4) is 0 Å². The minimum absolute atomic E-state index is 0.554. The second-order valence-corrected chi connectivity index (χ2v) is 5.13. The molecule has 0 unspecified atom stereocenters. The van der Waals surface area contributed by atoms with E-state index in [0.717, 1.165) is 32.1 Å². The number of carbonyl (C=O) groups excluding carboxylic acids is 1. The van der Waals surface area contributed by atoms with E-state index in [-0.39, 0.29) is 0 Å². The first-order valence-electron chi connectivity index (χ1n) is 8.36. The summed E-state index contributed by atoms with van der Waals surface area (Å²) in [5, 5.41) is 0. The summed E-state index contributed by atoms with van der Waals surface area (Å²) >= 11 is 0. The molecule has 0 aromatic rings. The highest BCUT2D eigenvalue weighted by atomic mass is 16.1. The lowest BCUT2D eigenvalue weighted by Crippen LogP contribution is -1.73. The lowest BCUT2D eigenvalue weighted by atomic mass is 10.2. The minimum Gasteiger partial charge on any atom is -0.291 e. The summed E-state index contributed by atoms with van der Waals surface area (Å²) in [5.41, 5.74) is 0. The zero-order valence-corrected chi connectivity index (χ0v) is 13.6. The van der Waals surface area contributed by atoms with Crippen molar-refractivity contribution in [1.82, 2.24) is 0 Å². The van der Waals surface area contributed by atoms with Gasteiger partial charge in [-0.1, -0.05) is 68.4 Å². The van der Waals surface area contributed by atoms with Crippen molar-refractivity contribution >= 4 is 6.29 Å². The van der Waals surface area contributed by atoms with Crippen LogP contribution in [0.3, 0.4) is 0 Å². The maximum absolute atomic E-state index is 9.99. The fourth-order valence-electron chi connectivity index (χ4n) is 1.85. The molecule has 1 radical (unpaired) electrons. The van der Waals surface area contributed by atoms with Crippen LogP contribution in [-0.2, 0) is 4.79 Å². The Morgan fingerprint density at radius 3 is 1.62 bits per heavy atom. The summed E-state index contributed by atoms with van der Waals surface area (Å²) in [6.07, 6.45) is 30.3. The van der Waals surface area contributed by atoms with Gasteiger partial charge in [0.05, 0.1) is 0 Å². The number of allylic oxidation sites excluding steroid dienone is 8. The fourth-order valence-corrected chi connectivity index (χ4v) is 1.85. The fraction of sp³-hybridized carbons (Fsp3) is 0.550. The smallest absolute Gasteiger partial charge is 0.198 e. The van der Waals surface area contributed by atoms with Gasteiger partial charge in [0.2, 0.25) is 0 Å². The predicted molar refractivity (Wildman–Crippen MR) is 94.1 cm³/mol. The van der Waals surface area contributed by atoms with Crippen LogP contribution in [0.4, 0.5) is 0 Å². The normalized spacial score (nSPS) is 12.4. The van der Waals surface area contributed by atoms with E-state index in [1.165, 1.54) is 25.7 Å². The molecule has 0 spiro atoms. The third-order valence-electron chi connectivity index (χ3n) is 3.11. The molecule has 0 bridgehead atoms. The molecule has 1 nitrogen and oxygen atoms in total. The van der Waals surface area contributed by atoms with Crippen LogP contribution in [0.2, 0.25) is 0 Å². The Hall–Kier alpha value is -1.37. The van der Waals surface area contributed by atoms with Crippen molar-refractivity contribution in [1.29, 1.82) is 0 Å². The molecule has 0 rings (SSSR count). The maximum atomic E-state index is 9.99. The van der Waals surface area contributed by atoms with Gasteiger partial charge in [0.15, 0.2) is 6.29 Å². The maximum Gasteiger partial charge on any atom is 0.198 e. The summed E-state index contributed by atoms with van der Waals surface area (Å²) < 4.78 is 0. The molecule has 0 aromatic carbocycles. The molecule has 0 aliphatic heterocycles. The highest BCUT2D eigenvalue weighted by molar-refractivity contribution is 5.50. The average molecular weight is 287 g/mol. The van der Waals surface area contributed by atoms with Crippen LogP contribution < -0.4 is 0 Å². The van der Waals surface area contributed by atoms with E-state index < -0.39 is 0 Å². The Balaban J connectivity index is 3.37. The van der Waals surface area contributed by atoms with Crippen LogP contribution in [0.15, 0.2) is 48.6 Å². The zero-order chi connectivity index (χ0) is 15.4. The second kappa shape index (κ2) is 18.6. The number of rotatable bonds is 14. The number of hydrogen-bond donors (Lipinski definition) is 0. The molecular formula is C20H31O. The molecular weight excluding hydrogens is 256 g/mol. The predicted octanol–water partition coefficient (Wildman–Crippen LogP) is 6.24. The van der Waals surface area contributed by atoms with Crippen molar-refractivity contribution < 1.29 is 4.79 Å². The molecule has 0 heterocycles. The molecule has 0 N–H and O–H groups in total. The van der Waals surface area contributed by atoms with Crippen molar-refractivity contribution in [3.05, 3.63) is 48.6 Å². The Kier molecular flexibility index (Phi) is 17.4. The molecule has 117 valence electrons. The van der Waals surface area contributed by atoms with Crippen LogP contribution in [0.5, 0.6) is 0 Å². The Morgan fingerprint density at radius 2 is 1.14 bits per heavy atom. The van der Waals surface area contributed by atoms with Gasteiger partial charge in [0.1, 0.15) is 0 Å². The van der Waals surface area contributed by atoms with Gasteiger partial charge in [-0.3, -0.25) is 4.79 Å². The first-order valence-corrected chi connectivity index (χ1v) is 8.36. The molecule has 0 saturated heterocycles. The summed E-state index contributed by atoms with van der Waals surface area (Å²) in [4.78, 5) is 9.99. The van der Waals surface area contributed by atoms with Crippen LogP contribution in [0, 0.1) is 0 Å². The van der Waals surface area contributed by atoms with Gasteiger partial charge >= 0.3 is 0 Å². The molecule has 0 saturated carbocycles. The van der Waals surface area contributed by atoms with Crippen molar-refractivity contribution in [3.63, 3.8) is 0 Å². The third kappa shape index (κ3) is 18.6. The monoisotopic (exact) mass is 287 g/mol. The van der Waals surface area contributed by atoms with E-state index in [4.69, 9.17) is 0 Å². The second-order valence-electron chi connectivity index (χ2n) is 5.13. The molecule has 0 aromatic heterocycles. The van der Waals surface area contributed by atoms with Crippen molar-refractivity contribution in [2.45, 2.75) is 71.1 Å². The minimum atomic E-state index is 0.554. The highest BCUT2D eigenvalue weighted by Crippen LogP contribution is 2.01. The molecule has 0 atom stereocenters. The van der Waals surface area contributed by atoms with E-state index in [9.17, 15) is 4.79 Å². The van der Waals surface area contributed by atoms with Gasteiger partial charge < -0.3 is 0 Å². The summed E-state index contributed by atoms with van der Waals surface area (Å²) in [7, 11) is 0. The molecule has 0 aliphatic carbocycles. The number of unbranched alkanes of at least 4 members (excludes halogenated alkanes) is 5. The van der Waals surface area contributed by atoms with Gasteiger partial charge in [-0.05, 0) is 44.9 Å². The zero-order valence-electron chi connectivity index (χ0n) is 13.6. The van der Waals surface area contributed by atoms with E-state index >= 15 is 0 Å². The van der Waals surface area contributed by atoms with Crippen LogP contribution in [0.1, 0.15) is 71.1 Å². The Morgan fingerprint density at radius 1 is 0.667 bits per heavy atom. The highest BCUT2D eigenvalue weighted by Gasteiger charge is 1.82. The molecule has 1 heteroatoms. The molecule has 21 heavy (non-hydrogen) atoms. The summed E-state index contributed by atoms with van der Waals surface area (Å²) in [5.74, 6) is 0. The van der Waals surface area contributed by atoms with Crippen molar-refractivity contribution in [2.75, 3.05) is 0 Å². The van der Waals surface area contributed by atoms with Gasteiger partial charge in [-0.15, -0.1) is 0 Å². The standard InChI is InChI=1S/C20H31O/c1-2-3-4-5-6-7-8-9-10-11-12-13-14-15-16-17-18-19-20-21/h6-7,9-10,12-13,15-16H,2-5,8,11,14,17-19H2,1H3/b7-6+,10-9+,13-12+,16-15+. The van der Waals surface area contributed by atoms with E-state index in [0.29, 0.717) is 6.42 Å². The Labute approximate surface area is 131 Å². The topological polar surface area (TPSA) is 17.1 Å². The van der Waals surface area contributed by atoms with E-state index in [1.54, 1.807) is 0 Å². The first-order chi connectivity index (χ1) is 10.4. The summed E-state index contributed by atoms with van der Waals surface area (Å²) in [6.45, 7) is 2.24. The van der Waals surface area contributed by atoms with Gasteiger partial charge in [0, 0.05) is 6.42 Å². The number of hydrogen-bond acceptors (Lipinski definition) is 1. The van der Waals surface area contributed by atoms with Gasteiger partial charge in [-0.25, -0.2) is 0 Å². The first kappa shape index (κ1) is 19.6. The SMILES string of the molecule is CCCCC/C=C/C/C=C/C/C=C/C/C=C/CCC[C]=O. The summed E-state index contributed by atoms with van der Waals surface area (Å²) in [6, 6.07) is 0. The van der Waals surface area contributed by atoms with Crippen molar-refractivity contribution in [2.24, 2.45) is 0 Å². The third-order valence-corrected chi connectivity index (χ3v) is 3.11. The van der Waals surface area contributed by atoms with Crippen LogP contribution in [0.25, 0.3) is 0 Å². The lowest BCUT2D eigenvalue weighted by molar-refractivity contribution is 0.549. The van der Waals surface area contributed by atoms with Gasteiger partial charge in [-0.2, -0.15) is 0 Å². The van der Waals surface area contributed by atoms with E-state index in [2.05, 4.69) is 55.5 Å². The quantitative estimate of drug-likeness (QED) is 0.273. The van der Waals surface area contributed by atoms with E-state index in [1.807, 2.05) is 6.29 Å². The molecule has 0 fully saturated rings. The molecule has 0 aliphatic rings. The van der Waals surface area contributed by atoms with Gasteiger partial charge in [0.25, 0.3) is 0 Å². The largest absolute Gasteiger partial charge is 0.291 e.